The maximum atomic E-state index is 11.2. The van der Waals surface area contributed by atoms with Crippen molar-refractivity contribution in [3.8, 4) is 11.8 Å². The zero-order valence-corrected chi connectivity index (χ0v) is 8.72. The van der Waals surface area contributed by atoms with E-state index in [2.05, 4.69) is 21.6 Å². The van der Waals surface area contributed by atoms with E-state index in [4.69, 9.17) is 11.6 Å². The highest BCUT2D eigenvalue weighted by Gasteiger charge is 1.97. The molecule has 0 fully saturated rings. The van der Waals surface area contributed by atoms with Crippen molar-refractivity contribution in [3.05, 3.63) is 33.2 Å². The van der Waals surface area contributed by atoms with E-state index >= 15 is 0 Å². The lowest BCUT2D eigenvalue weighted by Gasteiger charge is -1.91. The van der Waals surface area contributed by atoms with E-state index in [1.165, 1.54) is 19.4 Å². The third-order valence-electron chi connectivity index (χ3n) is 1.55. The third-order valence-corrected chi connectivity index (χ3v) is 1.77. The standard InChI is InChI=1S/C10H8ClNO3/c1-15-9(13)4-2-3-7-5-8(11)6-12-10(7)14/h5-6H,4H2,1H3,(H,12,14). The van der Waals surface area contributed by atoms with Crippen LogP contribution >= 0.6 is 11.6 Å². The van der Waals surface area contributed by atoms with Gasteiger partial charge in [-0.25, -0.2) is 0 Å². The molecule has 0 amide bonds. The fraction of sp³-hybridized carbons (Fsp3) is 0.200. The molecule has 0 radical (unpaired) electrons. The molecular weight excluding hydrogens is 218 g/mol. The van der Waals surface area contributed by atoms with Gasteiger partial charge in [0, 0.05) is 6.20 Å². The minimum absolute atomic E-state index is 0.0531. The number of pyridine rings is 1. The smallest absolute Gasteiger partial charge is 0.317 e. The van der Waals surface area contributed by atoms with Crippen LogP contribution in [0.25, 0.3) is 0 Å². The van der Waals surface area contributed by atoms with Gasteiger partial charge in [-0.1, -0.05) is 23.4 Å². The van der Waals surface area contributed by atoms with Gasteiger partial charge < -0.3 is 9.72 Å². The summed E-state index contributed by atoms with van der Waals surface area (Å²) < 4.78 is 4.39. The lowest BCUT2D eigenvalue weighted by Crippen LogP contribution is -2.08. The number of ether oxygens (including phenoxy) is 1. The second kappa shape index (κ2) is 5.23. The van der Waals surface area contributed by atoms with Crippen LogP contribution < -0.4 is 5.56 Å². The summed E-state index contributed by atoms with van der Waals surface area (Å²) in [6.45, 7) is 0. The normalized spacial score (nSPS) is 8.93. The molecule has 0 unspecified atom stereocenters. The molecule has 0 aromatic carbocycles. The molecule has 0 aliphatic heterocycles. The Balaban J connectivity index is 2.84. The van der Waals surface area contributed by atoms with E-state index in [9.17, 15) is 9.59 Å². The Morgan fingerprint density at radius 3 is 3.07 bits per heavy atom. The SMILES string of the molecule is COC(=O)CC#Cc1cc(Cl)c[nH]c1=O. The number of hydrogen-bond acceptors (Lipinski definition) is 3. The maximum Gasteiger partial charge on any atom is 0.317 e. The number of carbonyl (C=O) groups excluding carboxylic acids is 1. The van der Waals surface area contributed by atoms with Gasteiger partial charge in [0.2, 0.25) is 0 Å². The molecule has 1 aromatic heterocycles. The van der Waals surface area contributed by atoms with Crippen molar-refractivity contribution in [2.45, 2.75) is 6.42 Å². The Morgan fingerprint density at radius 1 is 1.67 bits per heavy atom. The largest absolute Gasteiger partial charge is 0.468 e. The van der Waals surface area contributed by atoms with Crippen LogP contribution in [-0.4, -0.2) is 18.1 Å². The predicted molar refractivity (Wildman–Crippen MR) is 55.6 cm³/mol. The van der Waals surface area contributed by atoms with E-state index < -0.39 is 5.97 Å². The molecule has 0 atom stereocenters. The number of halogens is 1. The van der Waals surface area contributed by atoms with Crippen LogP contribution in [0.4, 0.5) is 0 Å². The van der Waals surface area contributed by atoms with E-state index in [-0.39, 0.29) is 17.5 Å². The van der Waals surface area contributed by atoms with Crippen molar-refractivity contribution in [1.29, 1.82) is 0 Å². The van der Waals surface area contributed by atoms with Gasteiger partial charge in [-0.15, -0.1) is 0 Å². The molecule has 1 rings (SSSR count). The first-order valence-corrected chi connectivity index (χ1v) is 4.45. The minimum atomic E-state index is -0.444. The highest BCUT2D eigenvalue weighted by Crippen LogP contribution is 2.03. The number of hydrogen-bond donors (Lipinski definition) is 1. The first-order valence-electron chi connectivity index (χ1n) is 4.07. The van der Waals surface area contributed by atoms with Crippen LogP contribution in [0.15, 0.2) is 17.1 Å². The van der Waals surface area contributed by atoms with Crippen molar-refractivity contribution >= 4 is 17.6 Å². The molecule has 1 N–H and O–H groups in total. The van der Waals surface area contributed by atoms with Crippen LogP contribution in [0.2, 0.25) is 5.02 Å². The fourth-order valence-corrected chi connectivity index (χ4v) is 0.998. The van der Waals surface area contributed by atoms with Crippen LogP contribution in [0, 0.1) is 11.8 Å². The number of carbonyl (C=O) groups is 1. The topological polar surface area (TPSA) is 59.2 Å². The zero-order valence-electron chi connectivity index (χ0n) is 7.96. The van der Waals surface area contributed by atoms with Crippen LogP contribution in [-0.2, 0) is 9.53 Å². The fourth-order valence-electron chi connectivity index (χ4n) is 0.834. The minimum Gasteiger partial charge on any atom is -0.468 e. The molecule has 0 spiro atoms. The molecule has 78 valence electrons. The molecule has 1 aromatic rings. The second-order valence-corrected chi connectivity index (χ2v) is 3.05. The monoisotopic (exact) mass is 225 g/mol. The number of nitrogens with one attached hydrogen (secondary N) is 1. The van der Waals surface area contributed by atoms with Crippen molar-refractivity contribution in [3.63, 3.8) is 0 Å². The van der Waals surface area contributed by atoms with Crippen molar-refractivity contribution in [2.75, 3.05) is 7.11 Å². The third kappa shape index (κ3) is 3.49. The summed E-state index contributed by atoms with van der Waals surface area (Å²) in [5.74, 6) is 4.61. The lowest BCUT2D eigenvalue weighted by molar-refractivity contribution is -0.139. The number of H-pyrrole nitrogens is 1. The van der Waals surface area contributed by atoms with Gasteiger partial charge in [-0.05, 0) is 6.07 Å². The second-order valence-electron chi connectivity index (χ2n) is 2.62. The number of aromatic nitrogens is 1. The summed E-state index contributed by atoms with van der Waals surface area (Å²) in [5.41, 5.74) is -0.108. The van der Waals surface area contributed by atoms with Crippen molar-refractivity contribution < 1.29 is 9.53 Å². The highest BCUT2D eigenvalue weighted by atomic mass is 35.5. The first kappa shape index (κ1) is 11.3. The van der Waals surface area contributed by atoms with Crippen LogP contribution in [0.1, 0.15) is 12.0 Å². The van der Waals surface area contributed by atoms with Crippen molar-refractivity contribution in [2.24, 2.45) is 0 Å². The Morgan fingerprint density at radius 2 is 2.40 bits per heavy atom. The average molecular weight is 226 g/mol. The Kier molecular flexibility index (Phi) is 3.95. The summed E-state index contributed by atoms with van der Waals surface area (Å²) in [5, 5.41) is 0.386. The molecule has 1 heterocycles. The molecule has 0 saturated carbocycles. The lowest BCUT2D eigenvalue weighted by atomic mass is 10.3. The summed E-state index contributed by atoms with van der Waals surface area (Å²) in [6.07, 6.45) is 1.32. The molecule has 0 saturated heterocycles. The van der Waals surface area contributed by atoms with E-state index in [0.717, 1.165) is 0 Å². The van der Waals surface area contributed by atoms with Gasteiger partial charge in [0.25, 0.3) is 5.56 Å². The number of aromatic amines is 1. The number of esters is 1. The molecular formula is C10H8ClNO3. The summed E-state index contributed by atoms with van der Waals surface area (Å²) in [6, 6.07) is 1.44. The Bertz CT molecular complexity index is 481. The highest BCUT2D eigenvalue weighted by molar-refractivity contribution is 6.30. The first-order chi connectivity index (χ1) is 7.13. The van der Waals surface area contributed by atoms with Gasteiger partial charge in [0.05, 0.1) is 17.7 Å². The molecule has 0 bridgehead atoms. The maximum absolute atomic E-state index is 11.2. The van der Waals surface area contributed by atoms with Gasteiger partial charge in [0.1, 0.15) is 6.42 Å². The van der Waals surface area contributed by atoms with Gasteiger partial charge >= 0.3 is 5.97 Å². The van der Waals surface area contributed by atoms with E-state index in [0.29, 0.717) is 5.02 Å². The molecule has 15 heavy (non-hydrogen) atoms. The quantitative estimate of drug-likeness (QED) is 0.572. The summed E-state index contributed by atoms with van der Waals surface area (Å²) >= 11 is 5.66. The van der Waals surface area contributed by atoms with Crippen LogP contribution in [0.3, 0.4) is 0 Å². The molecule has 5 heteroatoms. The number of methoxy groups -OCH3 is 1. The Labute approximate surface area is 91.2 Å². The van der Waals surface area contributed by atoms with Crippen molar-refractivity contribution in [1.82, 2.24) is 4.98 Å². The average Bonchev–Trinajstić information content (AvgIpc) is 2.23. The summed E-state index contributed by atoms with van der Waals surface area (Å²) in [4.78, 5) is 24.3. The van der Waals surface area contributed by atoms with Gasteiger partial charge in [-0.3, -0.25) is 9.59 Å². The molecule has 0 aliphatic rings. The molecule has 0 aliphatic carbocycles. The summed E-state index contributed by atoms with van der Waals surface area (Å²) in [7, 11) is 1.27. The van der Waals surface area contributed by atoms with E-state index in [1.54, 1.807) is 0 Å². The number of rotatable bonds is 1. The molecule has 4 nitrogen and oxygen atoms in total. The zero-order chi connectivity index (χ0) is 11.3. The van der Waals surface area contributed by atoms with Gasteiger partial charge in [-0.2, -0.15) is 0 Å². The van der Waals surface area contributed by atoms with Crippen LogP contribution in [0.5, 0.6) is 0 Å². The van der Waals surface area contributed by atoms with E-state index in [1.807, 2.05) is 0 Å². The Hall–Kier alpha value is -1.73. The van der Waals surface area contributed by atoms with Gasteiger partial charge in [0.15, 0.2) is 0 Å². The predicted octanol–water partition coefficient (Wildman–Crippen LogP) is 0.943.